The molecule has 0 aliphatic carbocycles. The standard InChI is InChI=1S/C21H30N4/c1-3-4-14-24(2)20-17-19(18-12-8-7-9-13-18)22-21(23-20)25-15-10-5-6-11-16-25/h7-9,12-13,17H,3-6,10-11,14-16H2,1-2H3. The molecule has 0 atom stereocenters. The van der Waals surface area contributed by atoms with Crippen molar-refractivity contribution in [3.05, 3.63) is 36.4 Å². The molecule has 2 heterocycles. The van der Waals surface area contributed by atoms with Crippen molar-refractivity contribution < 1.29 is 0 Å². The molecule has 1 aliphatic rings. The Morgan fingerprint density at radius 2 is 1.72 bits per heavy atom. The van der Waals surface area contributed by atoms with Crippen LogP contribution in [0.4, 0.5) is 11.8 Å². The number of hydrogen-bond donors (Lipinski definition) is 0. The molecule has 1 saturated heterocycles. The molecule has 3 rings (SSSR count). The van der Waals surface area contributed by atoms with Crippen molar-refractivity contribution in [2.24, 2.45) is 0 Å². The maximum absolute atomic E-state index is 4.92. The van der Waals surface area contributed by atoms with Crippen LogP contribution in [-0.4, -0.2) is 36.6 Å². The Morgan fingerprint density at radius 1 is 1.00 bits per heavy atom. The fourth-order valence-corrected chi connectivity index (χ4v) is 3.30. The van der Waals surface area contributed by atoms with Crippen molar-refractivity contribution in [1.82, 2.24) is 9.97 Å². The third kappa shape index (κ3) is 4.71. The lowest BCUT2D eigenvalue weighted by molar-refractivity contribution is 0.726. The van der Waals surface area contributed by atoms with Crippen LogP contribution in [-0.2, 0) is 0 Å². The molecule has 0 saturated carbocycles. The molecule has 4 nitrogen and oxygen atoms in total. The Morgan fingerprint density at radius 3 is 2.40 bits per heavy atom. The number of nitrogens with zero attached hydrogens (tertiary/aromatic N) is 4. The lowest BCUT2D eigenvalue weighted by atomic mass is 10.1. The van der Waals surface area contributed by atoms with Gasteiger partial charge in [0.2, 0.25) is 5.95 Å². The molecule has 2 aromatic rings. The van der Waals surface area contributed by atoms with E-state index in [0.29, 0.717) is 0 Å². The van der Waals surface area contributed by atoms with Crippen molar-refractivity contribution in [2.75, 3.05) is 36.5 Å². The van der Waals surface area contributed by atoms with Crippen molar-refractivity contribution in [3.63, 3.8) is 0 Å². The highest BCUT2D eigenvalue weighted by molar-refractivity contribution is 5.65. The summed E-state index contributed by atoms with van der Waals surface area (Å²) in [5, 5.41) is 0. The van der Waals surface area contributed by atoms with Crippen LogP contribution in [0.15, 0.2) is 36.4 Å². The molecule has 0 spiro atoms. The second-order valence-corrected chi connectivity index (χ2v) is 6.95. The van der Waals surface area contributed by atoms with Crippen LogP contribution in [0.25, 0.3) is 11.3 Å². The van der Waals surface area contributed by atoms with Gasteiger partial charge in [-0.1, -0.05) is 56.5 Å². The lowest BCUT2D eigenvalue weighted by Gasteiger charge is -2.24. The first kappa shape index (κ1) is 17.7. The van der Waals surface area contributed by atoms with Gasteiger partial charge < -0.3 is 9.80 Å². The van der Waals surface area contributed by atoms with E-state index < -0.39 is 0 Å². The number of rotatable bonds is 6. The fourth-order valence-electron chi connectivity index (χ4n) is 3.30. The molecule has 1 aromatic carbocycles. The van der Waals surface area contributed by atoms with Gasteiger partial charge in [0, 0.05) is 38.3 Å². The molecule has 0 N–H and O–H groups in total. The SMILES string of the molecule is CCCCN(C)c1cc(-c2ccccc2)nc(N2CCCCCC2)n1. The van der Waals surface area contributed by atoms with Crippen molar-refractivity contribution in [2.45, 2.75) is 45.4 Å². The van der Waals surface area contributed by atoms with E-state index in [1.54, 1.807) is 0 Å². The van der Waals surface area contributed by atoms with Gasteiger partial charge in [-0.2, -0.15) is 4.98 Å². The summed E-state index contributed by atoms with van der Waals surface area (Å²) in [6, 6.07) is 12.6. The Kier molecular flexibility index (Phi) is 6.26. The van der Waals surface area contributed by atoms with E-state index in [1.165, 1.54) is 38.5 Å². The number of hydrogen-bond acceptors (Lipinski definition) is 4. The van der Waals surface area contributed by atoms with Gasteiger partial charge in [0.1, 0.15) is 5.82 Å². The first-order valence-electron chi connectivity index (χ1n) is 9.68. The van der Waals surface area contributed by atoms with Gasteiger partial charge >= 0.3 is 0 Å². The van der Waals surface area contributed by atoms with Gasteiger partial charge in [0.05, 0.1) is 5.69 Å². The average molecular weight is 338 g/mol. The van der Waals surface area contributed by atoms with Crippen LogP contribution >= 0.6 is 0 Å². The number of aromatic nitrogens is 2. The summed E-state index contributed by atoms with van der Waals surface area (Å²) < 4.78 is 0. The van der Waals surface area contributed by atoms with E-state index in [4.69, 9.17) is 9.97 Å². The Bertz CT molecular complexity index is 648. The second kappa shape index (κ2) is 8.84. The van der Waals surface area contributed by atoms with Crippen LogP contribution in [0.5, 0.6) is 0 Å². The molecular formula is C21H30N4. The normalized spacial score (nSPS) is 15.0. The summed E-state index contributed by atoms with van der Waals surface area (Å²) in [7, 11) is 2.14. The van der Waals surface area contributed by atoms with Crippen LogP contribution in [0.2, 0.25) is 0 Å². The quantitative estimate of drug-likeness (QED) is 0.760. The van der Waals surface area contributed by atoms with E-state index >= 15 is 0 Å². The average Bonchev–Trinajstić information content (AvgIpc) is 2.96. The summed E-state index contributed by atoms with van der Waals surface area (Å²) in [5.74, 6) is 1.92. The van der Waals surface area contributed by atoms with Gasteiger partial charge in [0.25, 0.3) is 0 Å². The Balaban J connectivity index is 1.95. The third-order valence-corrected chi connectivity index (χ3v) is 4.90. The van der Waals surface area contributed by atoms with Crippen LogP contribution in [0, 0.1) is 0 Å². The predicted molar refractivity (Wildman–Crippen MR) is 106 cm³/mol. The molecule has 0 unspecified atom stereocenters. The molecule has 134 valence electrons. The molecule has 0 amide bonds. The largest absolute Gasteiger partial charge is 0.359 e. The minimum atomic E-state index is 0.890. The number of unbranched alkanes of at least 4 members (excludes halogenated alkanes) is 1. The zero-order valence-corrected chi connectivity index (χ0v) is 15.6. The molecule has 1 fully saturated rings. The Hall–Kier alpha value is -2.10. The van der Waals surface area contributed by atoms with Crippen molar-refractivity contribution in [3.8, 4) is 11.3 Å². The molecule has 25 heavy (non-hydrogen) atoms. The summed E-state index contributed by atoms with van der Waals surface area (Å²) >= 11 is 0. The highest BCUT2D eigenvalue weighted by Crippen LogP contribution is 2.26. The van der Waals surface area contributed by atoms with Gasteiger partial charge in [0.15, 0.2) is 0 Å². The van der Waals surface area contributed by atoms with Gasteiger partial charge in [-0.05, 0) is 19.3 Å². The van der Waals surface area contributed by atoms with Crippen molar-refractivity contribution in [1.29, 1.82) is 0 Å². The second-order valence-electron chi connectivity index (χ2n) is 6.95. The molecule has 0 bridgehead atoms. The van der Waals surface area contributed by atoms with E-state index in [-0.39, 0.29) is 0 Å². The predicted octanol–water partition coefficient (Wildman–Crippen LogP) is 4.76. The lowest BCUT2D eigenvalue weighted by Crippen LogP contribution is -2.28. The van der Waals surface area contributed by atoms with Crippen LogP contribution in [0.3, 0.4) is 0 Å². The van der Waals surface area contributed by atoms with Crippen LogP contribution < -0.4 is 9.80 Å². The summed E-state index contributed by atoms with van der Waals surface area (Å²) in [6.45, 7) is 5.39. The minimum Gasteiger partial charge on any atom is -0.359 e. The van der Waals surface area contributed by atoms with Crippen molar-refractivity contribution >= 4 is 11.8 Å². The third-order valence-electron chi connectivity index (χ3n) is 4.90. The van der Waals surface area contributed by atoms with Gasteiger partial charge in [-0.25, -0.2) is 4.98 Å². The van der Waals surface area contributed by atoms with Crippen LogP contribution in [0.1, 0.15) is 45.4 Å². The highest BCUT2D eigenvalue weighted by atomic mass is 15.3. The van der Waals surface area contributed by atoms with E-state index in [0.717, 1.165) is 42.7 Å². The topological polar surface area (TPSA) is 32.3 Å². The summed E-state index contributed by atoms with van der Waals surface area (Å²) in [4.78, 5) is 14.5. The minimum absolute atomic E-state index is 0.890. The van der Waals surface area contributed by atoms with E-state index in [1.807, 2.05) is 0 Å². The zero-order chi connectivity index (χ0) is 17.5. The molecule has 1 aliphatic heterocycles. The highest BCUT2D eigenvalue weighted by Gasteiger charge is 2.16. The maximum atomic E-state index is 4.92. The van der Waals surface area contributed by atoms with Gasteiger partial charge in [-0.3, -0.25) is 0 Å². The van der Waals surface area contributed by atoms with E-state index in [2.05, 4.69) is 60.2 Å². The number of anilines is 2. The van der Waals surface area contributed by atoms with E-state index in [9.17, 15) is 0 Å². The molecular weight excluding hydrogens is 308 g/mol. The maximum Gasteiger partial charge on any atom is 0.227 e. The molecule has 1 aromatic heterocycles. The summed E-state index contributed by atoms with van der Waals surface area (Å²) in [5.41, 5.74) is 2.18. The van der Waals surface area contributed by atoms with Gasteiger partial charge in [-0.15, -0.1) is 0 Å². The molecule has 4 heteroatoms. The summed E-state index contributed by atoms with van der Waals surface area (Å²) in [6.07, 6.45) is 7.48. The smallest absolute Gasteiger partial charge is 0.227 e. The zero-order valence-electron chi connectivity index (χ0n) is 15.6. The molecule has 0 radical (unpaired) electrons. The monoisotopic (exact) mass is 338 g/mol. The first-order chi connectivity index (χ1) is 12.3. The first-order valence-corrected chi connectivity index (χ1v) is 9.68. The fraction of sp³-hybridized carbons (Fsp3) is 0.524. The number of benzene rings is 1. The Labute approximate surface area is 151 Å².